The topological polar surface area (TPSA) is 123 Å². The Morgan fingerprint density at radius 1 is 1.32 bits per heavy atom. The number of hydrogen-bond donors (Lipinski definition) is 3. The summed E-state index contributed by atoms with van der Waals surface area (Å²) in [7, 11) is 0. The normalized spacial score (nSPS) is 12.3. The third-order valence-electron chi connectivity index (χ3n) is 2.89. The molecule has 0 amide bonds. The number of hydrogen-bond acceptors (Lipinski definition) is 5. The predicted molar refractivity (Wildman–Crippen MR) is 83.8 cm³/mol. The number of ketones is 2. The highest BCUT2D eigenvalue weighted by atomic mass is 35.5. The Morgan fingerprint density at radius 3 is 2.59 bits per heavy atom. The molecule has 0 radical (unpaired) electrons. The predicted octanol–water partition coefficient (Wildman–Crippen LogP) is 1.81. The van der Waals surface area contributed by atoms with Crippen molar-refractivity contribution in [3.05, 3.63) is 40.9 Å². The SMILES string of the molecule is Nc1cc(Cl)ccc1C(=O)CC(N)C(=O)/C=C/CCC(=O)O. The summed E-state index contributed by atoms with van der Waals surface area (Å²) in [6.07, 6.45) is 2.60. The number of anilines is 1. The first-order valence-electron chi connectivity index (χ1n) is 6.57. The minimum atomic E-state index is -0.997. The van der Waals surface area contributed by atoms with Crippen molar-refractivity contribution in [2.24, 2.45) is 5.73 Å². The molecule has 0 spiro atoms. The molecule has 0 aliphatic heterocycles. The smallest absolute Gasteiger partial charge is 0.303 e. The molecule has 5 N–H and O–H groups in total. The quantitative estimate of drug-likeness (QED) is 0.380. The Hall–Kier alpha value is -2.18. The Morgan fingerprint density at radius 2 is 2.00 bits per heavy atom. The second-order valence-corrected chi connectivity index (χ2v) is 5.14. The molecule has 22 heavy (non-hydrogen) atoms. The molecule has 1 atom stereocenters. The summed E-state index contributed by atoms with van der Waals surface area (Å²) in [5.41, 5.74) is 11.9. The fraction of sp³-hybridized carbons (Fsp3) is 0.267. The second-order valence-electron chi connectivity index (χ2n) is 4.70. The van der Waals surface area contributed by atoms with Crippen molar-refractivity contribution in [2.75, 3.05) is 5.73 Å². The number of Topliss-reactive ketones (excluding diaryl/α,β-unsaturated/α-hetero) is 1. The molecule has 0 fully saturated rings. The first-order chi connectivity index (χ1) is 10.3. The minimum Gasteiger partial charge on any atom is -0.481 e. The molecule has 0 saturated carbocycles. The average molecular weight is 325 g/mol. The second kappa shape index (κ2) is 8.31. The molecule has 1 unspecified atom stereocenters. The Bertz CT molecular complexity index is 614. The van der Waals surface area contributed by atoms with Crippen molar-refractivity contribution in [3.8, 4) is 0 Å². The van der Waals surface area contributed by atoms with Crippen LogP contribution in [0.2, 0.25) is 5.02 Å². The third kappa shape index (κ3) is 5.67. The zero-order valence-electron chi connectivity index (χ0n) is 11.8. The number of carbonyl (C=O) groups excluding carboxylic acids is 2. The number of nitrogens with two attached hydrogens (primary N) is 2. The highest BCUT2D eigenvalue weighted by molar-refractivity contribution is 6.31. The largest absolute Gasteiger partial charge is 0.481 e. The van der Waals surface area contributed by atoms with Gasteiger partial charge in [-0.1, -0.05) is 17.7 Å². The summed E-state index contributed by atoms with van der Waals surface area (Å²) in [4.78, 5) is 34.1. The number of carbonyl (C=O) groups is 3. The number of allylic oxidation sites excluding steroid dienone is 1. The number of benzene rings is 1. The van der Waals surface area contributed by atoms with Gasteiger partial charge in [-0.15, -0.1) is 0 Å². The standard InChI is InChI=1S/C15H17ClN2O4/c16-9-5-6-10(11(17)7-9)14(20)8-12(18)13(19)3-1-2-4-15(21)22/h1,3,5-7,12H,2,4,8,17-18H2,(H,21,22)/b3-1+. The van der Waals surface area contributed by atoms with Crippen molar-refractivity contribution in [3.63, 3.8) is 0 Å². The molecule has 1 rings (SSSR count). The molecule has 1 aromatic carbocycles. The van der Waals surface area contributed by atoms with E-state index in [4.69, 9.17) is 28.2 Å². The lowest BCUT2D eigenvalue weighted by Crippen LogP contribution is -2.31. The van der Waals surface area contributed by atoms with Gasteiger partial charge < -0.3 is 16.6 Å². The van der Waals surface area contributed by atoms with E-state index in [9.17, 15) is 14.4 Å². The lowest BCUT2D eigenvalue weighted by Gasteiger charge is -2.09. The summed E-state index contributed by atoms with van der Waals surface area (Å²) in [6, 6.07) is 3.47. The van der Waals surface area contributed by atoms with Gasteiger partial charge in [-0.3, -0.25) is 14.4 Å². The molecule has 0 heterocycles. The molecule has 0 bridgehead atoms. The van der Waals surface area contributed by atoms with Gasteiger partial charge in [-0.2, -0.15) is 0 Å². The van der Waals surface area contributed by atoms with E-state index in [1.165, 1.54) is 30.4 Å². The Balaban J connectivity index is 2.59. The zero-order chi connectivity index (χ0) is 16.7. The van der Waals surface area contributed by atoms with Crippen molar-refractivity contribution >= 4 is 34.8 Å². The van der Waals surface area contributed by atoms with Gasteiger partial charge in [0.1, 0.15) is 0 Å². The lowest BCUT2D eigenvalue weighted by atomic mass is 10.00. The van der Waals surface area contributed by atoms with Crippen molar-refractivity contribution in [2.45, 2.75) is 25.3 Å². The monoisotopic (exact) mass is 324 g/mol. The summed E-state index contributed by atoms with van der Waals surface area (Å²) in [6.45, 7) is 0. The summed E-state index contributed by atoms with van der Waals surface area (Å²) in [5, 5.41) is 8.88. The van der Waals surface area contributed by atoms with Crippen LogP contribution in [0.3, 0.4) is 0 Å². The molecule has 0 saturated heterocycles. The molecule has 0 aliphatic rings. The Kier molecular flexibility index (Phi) is 6.75. The van der Waals surface area contributed by atoms with Gasteiger partial charge in [0.15, 0.2) is 11.6 Å². The molecular formula is C15H17ClN2O4. The first kappa shape index (κ1) is 17.9. The van der Waals surface area contributed by atoms with Gasteiger partial charge in [-0.05, 0) is 30.7 Å². The third-order valence-corrected chi connectivity index (χ3v) is 3.13. The Labute approximate surface area is 132 Å². The van der Waals surface area contributed by atoms with Gasteiger partial charge in [0.25, 0.3) is 0 Å². The number of rotatable bonds is 8. The molecule has 7 heteroatoms. The van der Waals surface area contributed by atoms with Crippen LogP contribution in [-0.2, 0) is 9.59 Å². The molecule has 0 aliphatic carbocycles. The van der Waals surface area contributed by atoms with Gasteiger partial charge in [-0.25, -0.2) is 0 Å². The van der Waals surface area contributed by atoms with E-state index in [-0.39, 0.29) is 36.3 Å². The number of aliphatic carboxylic acids is 1. The first-order valence-corrected chi connectivity index (χ1v) is 6.95. The van der Waals surface area contributed by atoms with E-state index in [0.29, 0.717) is 5.02 Å². The van der Waals surface area contributed by atoms with Crippen LogP contribution in [0.15, 0.2) is 30.4 Å². The summed E-state index contributed by atoms with van der Waals surface area (Å²) < 4.78 is 0. The van der Waals surface area contributed by atoms with E-state index >= 15 is 0 Å². The van der Waals surface area contributed by atoms with Crippen LogP contribution in [0.25, 0.3) is 0 Å². The lowest BCUT2D eigenvalue weighted by molar-refractivity contribution is -0.136. The van der Waals surface area contributed by atoms with Crippen LogP contribution < -0.4 is 11.5 Å². The molecule has 118 valence electrons. The van der Waals surface area contributed by atoms with E-state index in [1.54, 1.807) is 0 Å². The maximum atomic E-state index is 12.1. The van der Waals surface area contributed by atoms with Crippen LogP contribution in [-0.4, -0.2) is 28.7 Å². The van der Waals surface area contributed by atoms with Crippen LogP contribution in [0.1, 0.15) is 29.6 Å². The summed E-state index contributed by atoms with van der Waals surface area (Å²) >= 11 is 5.75. The minimum absolute atomic E-state index is 0.0702. The molecule has 6 nitrogen and oxygen atoms in total. The zero-order valence-corrected chi connectivity index (χ0v) is 12.5. The van der Waals surface area contributed by atoms with Crippen molar-refractivity contribution in [1.29, 1.82) is 0 Å². The molecule has 1 aromatic rings. The van der Waals surface area contributed by atoms with Crippen LogP contribution >= 0.6 is 11.6 Å². The maximum Gasteiger partial charge on any atom is 0.303 e. The van der Waals surface area contributed by atoms with Gasteiger partial charge in [0.05, 0.1) is 6.04 Å². The molecular weight excluding hydrogens is 308 g/mol. The average Bonchev–Trinajstić information content (AvgIpc) is 2.42. The van der Waals surface area contributed by atoms with Crippen molar-refractivity contribution in [1.82, 2.24) is 0 Å². The maximum absolute atomic E-state index is 12.1. The summed E-state index contributed by atoms with van der Waals surface area (Å²) in [5.74, 6) is -1.74. The fourth-order valence-electron chi connectivity index (χ4n) is 1.73. The van der Waals surface area contributed by atoms with E-state index in [2.05, 4.69) is 0 Å². The number of nitrogen functional groups attached to an aromatic ring is 1. The number of halogens is 1. The van der Waals surface area contributed by atoms with E-state index in [0.717, 1.165) is 0 Å². The highest BCUT2D eigenvalue weighted by Gasteiger charge is 2.18. The van der Waals surface area contributed by atoms with Crippen LogP contribution in [0.5, 0.6) is 0 Å². The fourth-order valence-corrected chi connectivity index (χ4v) is 1.91. The van der Waals surface area contributed by atoms with E-state index < -0.39 is 17.8 Å². The van der Waals surface area contributed by atoms with Crippen LogP contribution in [0, 0.1) is 0 Å². The molecule has 0 aromatic heterocycles. The number of carboxylic acids is 1. The van der Waals surface area contributed by atoms with Crippen LogP contribution in [0.4, 0.5) is 5.69 Å². The van der Waals surface area contributed by atoms with E-state index in [1.807, 2.05) is 0 Å². The van der Waals surface area contributed by atoms with Crippen molar-refractivity contribution < 1.29 is 19.5 Å². The van der Waals surface area contributed by atoms with Gasteiger partial charge in [0.2, 0.25) is 0 Å². The number of carboxylic acid groups (broad SMARTS) is 1. The van der Waals surface area contributed by atoms with Gasteiger partial charge >= 0.3 is 5.97 Å². The highest BCUT2D eigenvalue weighted by Crippen LogP contribution is 2.19. The van der Waals surface area contributed by atoms with Gasteiger partial charge in [0, 0.05) is 29.1 Å².